The van der Waals surface area contributed by atoms with Crippen LogP contribution in [0.1, 0.15) is 124 Å². The molecule has 1 amide bonds. The van der Waals surface area contributed by atoms with Gasteiger partial charge in [-0.3, -0.25) is 14.9 Å². The van der Waals surface area contributed by atoms with Crippen LogP contribution in [-0.2, 0) is 21.0 Å². The first-order valence-corrected chi connectivity index (χ1v) is 16.9. The molecule has 256 valence electrons. The standard InChI is InChI=1S/C39H54N2O6/c1-11-15-16-34(47-33-22-19-27(38(7,8)13-3)23-29(33)39(9,10)14-4)36(43)40-30-24-32(42)31(41(44)45)25-35(30)46-28-20-17-26(18-21-28)37(5,6)12-2/h17-25,34,42H,11-16H2,1-10H3,(H,40,43). The molecule has 0 saturated carbocycles. The number of nitro benzene ring substituents is 1. The van der Waals surface area contributed by atoms with Crippen LogP contribution in [0.15, 0.2) is 54.6 Å². The number of benzene rings is 3. The highest BCUT2D eigenvalue weighted by Crippen LogP contribution is 2.41. The Hall–Kier alpha value is -4.07. The van der Waals surface area contributed by atoms with Crippen molar-refractivity contribution in [2.24, 2.45) is 0 Å². The Labute approximate surface area is 281 Å². The zero-order valence-corrected chi connectivity index (χ0v) is 30.0. The minimum Gasteiger partial charge on any atom is -0.502 e. The molecule has 8 heteroatoms. The monoisotopic (exact) mass is 646 g/mol. The number of nitrogens with one attached hydrogen (secondary N) is 1. The van der Waals surface area contributed by atoms with Gasteiger partial charge in [0, 0.05) is 11.6 Å². The topological polar surface area (TPSA) is 111 Å². The van der Waals surface area contributed by atoms with E-state index >= 15 is 0 Å². The van der Waals surface area contributed by atoms with Gasteiger partial charge < -0.3 is 19.9 Å². The van der Waals surface area contributed by atoms with E-state index in [1.165, 1.54) is 5.56 Å². The van der Waals surface area contributed by atoms with Gasteiger partial charge in [-0.2, -0.15) is 0 Å². The normalized spacial score (nSPS) is 12.8. The Balaban J connectivity index is 2.01. The van der Waals surface area contributed by atoms with Crippen molar-refractivity contribution in [1.82, 2.24) is 0 Å². The molecule has 0 radical (unpaired) electrons. The number of unbranched alkanes of at least 4 members (excludes halogenated alkanes) is 1. The molecule has 1 atom stereocenters. The minimum atomic E-state index is -0.855. The summed E-state index contributed by atoms with van der Waals surface area (Å²) in [5.41, 5.74) is 2.72. The molecule has 0 spiro atoms. The molecule has 0 aliphatic heterocycles. The largest absolute Gasteiger partial charge is 0.502 e. The summed E-state index contributed by atoms with van der Waals surface area (Å²) >= 11 is 0. The van der Waals surface area contributed by atoms with E-state index in [1.807, 2.05) is 18.2 Å². The van der Waals surface area contributed by atoms with Crippen LogP contribution in [0.4, 0.5) is 11.4 Å². The van der Waals surface area contributed by atoms with Crippen molar-refractivity contribution in [2.75, 3.05) is 5.32 Å². The molecular weight excluding hydrogens is 592 g/mol. The Morgan fingerprint density at radius 1 is 0.830 bits per heavy atom. The third-order valence-corrected chi connectivity index (χ3v) is 9.92. The number of carbonyl (C=O) groups is 1. The molecule has 1 unspecified atom stereocenters. The van der Waals surface area contributed by atoms with E-state index in [1.54, 1.807) is 12.1 Å². The second-order valence-electron chi connectivity index (χ2n) is 14.4. The smallest absolute Gasteiger partial charge is 0.314 e. The molecule has 0 heterocycles. The van der Waals surface area contributed by atoms with Crippen LogP contribution in [-0.4, -0.2) is 22.0 Å². The van der Waals surface area contributed by atoms with Gasteiger partial charge in [-0.1, -0.05) is 99.9 Å². The molecule has 0 aliphatic carbocycles. The van der Waals surface area contributed by atoms with Gasteiger partial charge in [-0.25, -0.2) is 0 Å². The van der Waals surface area contributed by atoms with Gasteiger partial charge >= 0.3 is 5.69 Å². The summed E-state index contributed by atoms with van der Waals surface area (Å²) in [6, 6.07) is 16.1. The third-order valence-electron chi connectivity index (χ3n) is 9.92. The second-order valence-corrected chi connectivity index (χ2v) is 14.4. The van der Waals surface area contributed by atoms with Crippen LogP contribution in [0, 0.1) is 10.1 Å². The zero-order chi connectivity index (χ0) is 35.2. The summed E-state index contributed by atoms with van der Waals surface area (Å²) in [4.78, 5) is 25.0. The summed E-state index contributed by atoms with van der Waals surface area (Å²) in [5.74, 6) is 0.122. The maximum Gasteiger partial charge on any atom is 0.314 e. The highest BCUT2D eigenvalue weighted by atomic mass is 16.6. The summed E-state index contributed by atoms with van der Waals surface area (Å²) in [5, 5.41) is 25.1. The van der Waals surface area contributed by atoms with Crippen molar-refractivity contribution in [3.8, 4) is 23.0 Å². The first-order chi connectivity index (χ1) is 22.0. The van der Waals surface area contributed by atoms with E-state index in [-0.39, 0.29) is 27.7 Å². The third kappa shape index (κ3) is 9.05. The summed E-state index contributed by atoms with van der Waals surface area (Å²) in [6.45, 7) is 21.6. The fraction of sp³-hybridized carbons (Fsp3) is 0.513. The van der Waals surface area contributed by atoms with Crippen LogP contribution in [0.25, 0.3) is 0 Å². The van der Waals surface area contributed by atoms with Crippen LogP contribution in [0.2, 0.25) is 0 Å². The van der Waals surface area contributed by atoms with Crippen LogP contribution >= 0.6 is 0 Å². The van der Waals surface area contributed by atoms with E-state index in [4.69, 9.17) is 9.47 Å². The van der Waals surface area contributed by atoms with Gasteiger partial charge in [0.05, 0.1) is 16.7 Å². The van der Waals surface area contributed by atoms with Crippen molar-refractivity contribution in [3.05, 3.63) is 81.4 Å². The molecule has 3 rings (SSSR count). The van der Waals surface area contributed by atoms with Crippen molar-refractivity contribution < 1.29 is 24.3 Å². The highest BCUT2D eigenvalue weighted by Gasteiger charge is 2.30. The zero-order valence-electron chi connectivity index (χ0n) is 30.0. The highest BCUT2D eigenvalue weighted by molar-refractivity contribution is 5.96. The van der Waals surface area contributed by atoms with Crippen molar-refractivity contribution in [2.45, 2.75) is 130 Å². The van der Waals surface area contributed by atoms with E-state index in [9.17, 15) is 20.0 Å². The number of nitro groups is 1. The van der Waals surface area contributed by atoms with Gasteiger partial charge in [-0.05, 0) is 77.7 Å². The molecular formula is C39H54N2O6. The Morgan fingerprint density at radius 2 is 1.40 bits per heavy atom. The van der Waals surface area contributed by atoms with Crippen molar-refractivity contribution in [3.63, 3.8) is 0 Å². The van der Waals surface area contributed by atoms with Gasteiger partial charge in [0.25, 0.3) is 5.91 Å². The fourth-order valence-corrected chi connectivity index (χ4v) is 5.17. The predicted molar refractivity (Wildman–Crippen MR) is 190 cm³/mol. The van der Waals surface area contributed by atoms with E-state index in [2.05, 4.69) is 86.7 Å². The van der Waals surface area contributed by atoms with Gasteiger partial charge in [0.2, 0.25) is 0 Å². The number of ether oxygens (including phenoxy) is 2. The number of rotatable bonds is 16. The second kappa shape index (κ2) is 15.2. The molecule has 0 fully saturated rings. The molecule has 47 heavy (non-hydrogen) atoms. The SMILES string of the molecule is CCCCC(Oc1ccc(C(C)(C)CC)cc1C(C)(C)CC)C(=O)Nc1cc(O)c([N+](=O)[O-])cc1Oc1ccc(C(C)(C)CC)cc1. The molecule has 0 saturated heterocycles. The summed E-state index contributed by atoms with van der Waals surface area (Å²) < 4.78 is 12.7. The van der Waals surface area contributed by atoms with Crippen LogP contribution < -0.4 is 14.8 Å². The van der Waals surface area contributed by atoms with Crippen molar-refractivity contribution in [1.29, 1.82) is 0 Å². The first kappa shape index (κ1) is 37.4. The fourth-order valence-electron chi connectivity index (χ4n) is 5.17. The maximum atomic E-state index is 13.9. The van der Waals surface area contributed by atoms with Crippen LogP contribution in [0.3, 0.4) is 0 Å². The maximum absolute atomic E-state index is 13.9. The lowest BCUT2D eigenvalue weighted by Gasteiger charge is -2.31. The molecule has 8 nitrogen and oxygen atoms in total. The molecule has 3 aromatic carbocycles. The number of aromatic hydroxyl groups is 1. The first-order valence-electron chi connectivity index (χ1n) is 16.9. The predicted octanol–water partition coefficient (Wildman–Crippen LogP) is 10.7. The summed E-state index contributed by atoms with van der Waals surface area (Å²) in [6.07, 6.45) is 4.03. The lowest BCUT2D eigenvalue weighted by molar-refractivity contribution is -0.385. The average Bonchev–Trinajstić information content (AvgIpc) is 3.04. The number of hydrogen-bond acceptors (Lipinski definition) is 6. The number of phenolic OH excluding ortho intramolecular Hbond substituents is 1. The average molecular weight is 647 g/mol. The van der Waals surface area contributed by atoms with Gasteiger partial charge in [0.1, 0.15) is 11.5 Å². The van der Waals surface area contributed by atoms with Gasteiger partial charge in [-0.15, -0.1) is 0 Å². The lowest BCUT2D eigenvalue weighted by Crippen LogP contribution is -2.34. The number of anilines is 1. The number of amides is 1. The number of carbonyl (C=O) groups excluding carboxylic acids is 1. The minimum absolute atomic E-state index is 0.0169. The Kier molecular flexibility index (Phi) is 12.1. The van der Waals surface area contributed by atoms with Crippen LogP contribution in [0.5, 0.6) is 23.0 Å². The lowest BCUT2D eigenvalue weighted by atomic mass is 9.76. The molecule has 0 aromatic heterocycles. The van der Waals surface area contributed by atoms with E-state index in [0.29, 0.717) is 17.9 Å². The Morgan fingerprint density at radius 3 is 1.96 bits per heavy atom. The summed E-state index contributed by atoms with van der Waals surface area (Å²) in [7, 11) is 0. The molecule has 0 bridgehead atoms. The molecule has 3 aromatic rings. The van der Waals surface area contributed by atoms with Gasteiger partial charge in [0.15, 0.2) is 17.6 Å². The number of hydrogen-bond donors (Lipinski definition) is 2. The van der Waals surface area contributed by atoms with E-state index in [0.717, 1.165) is 55.4 Å². The Bertz CT molecular complexity index is 1540. The van der Waals surface area contributed by atoms with Crippen molar-refractivity contribution >= 4 is 17.3 Å². The quantitative estimate of drug-likeness (QED) is 0.118. The van der Waals surface area contributed by atoms with E-state index < -0.39 is 28.4 Å². The molecule has 0 aliphatic rings. The number of nitrogens with zero attached hydrogens (tertiary/aromatic N) is 1. The molecule has 2 N–H and O–H groups in total. The number of phenols is 1.